The average Bonchev–Trinajstić information content (AvgIpc) is 1.99. The van der Waals surface area contributed by atoms with E-state index in [0.29, 0.717) is 6.29 Å². The van der Waals surface area contributed by atoms with E-state index in [1.165, 1.54) is 0 Å². The Bertz CT molecular complexity index is 350. The van der Waals surface area contributed by atoms with Gasteiger partial charge >= 0.3 is 5.69 Å². The van der Waals surface area contributed by atoms with Gasteiger partial charge in [0.05, 0.1) is 6.54 Å². The molecule has 0 fully saturated rings. The molecular weight excluding hydrogens is 162 g/mol. The van der Waals surface area contributed by atoms with Crippen LogP contribution in [-0.2, 0) is 4.79 Å². The van der Waals surface area contributed by atoms with Crippen LogP contribution in [0.2, 0.25) is 0 Å². The fraction of sp³-hybridized carbons (Fsp3) is 0.167. The molecule has 0 atom stereocenters. The standard InChI is InChI=1S/C6H7N3O3/c10-2-1-7-4-3-5(11)9-6(12)8-4/h2-3H,1H2,(H3,7,8,9,11,12). The van der Waals surface area contributed by atoms with E-state index in [4.69, 9.17) is 0 Å². The maximum Gasteiger partial charge on any atom is 0.327 e. The monoisotopic (exact) mass is 169 g/mol. The van der Waals surface area contributed by atoms with Gasteiger partial charge < -0.3 is 10.1 Å². The number of aldehydes is 1. The summed E-state index contributed by atoms with van der Waals surface area (Å²) in [5, 5.41) is 2.53. The van der Waals surface area contributed by atoms with Crippen molar-refractivity contribution in [1.82, 2.24) is 9.97 Å². The molecule has 1 rings (SSSR count). The summed E-state index contributed by atoms with van der Waals surface area (Å²) >= 11 is 0. The van der Waals surface area contributed by atoms with E-state index in [-0.39, 0.29) is 12.4 Å². The Hall–Kier alpha value is -1.85. The number of aromatic nitrogens is 2. The summed E-state index contributed by atoms with van der Waals surface area (Å²) in [6.45, 7) is 0.0550. The molecule has 0 spiro atoms. The van der Waals surface area contributed by atoms with Crippen LogP contribution in [0.1, 0.15) is 0 Å². The summed E-state index contributed by atoms with van der Waals surface area (Å²) in [5.74, 6) is 0.232. The Morgan fingerprint density at radius 2 is 2.17 bits per heavy atom. The predicted octanol–water partition coefficient (Wildman–Crippen LogP) is -1.33. The molecule has 0 saturated carbocycles. The van der Waals surface area contributed by atoms with E-state index >= 15 is 0 Å². The van der Waals surface area contributed by atoms with Gasteiger partial charge in [-0.3, -0.25) is 14.8 Å². The van der Waals surface area contributed by atoms with E-state index in [2.05, 4.69) is 10.3 Å². The van der Waals surface area contributed by atoms with Crippen LogP contribution in [0.5, 0.6) is 0 Å². The molecule has 3 N–H and O–H groups in total. The molecule has 0 aliphatic heterocycles. The third-order valence-corrected chi connectivity index (χ3v) is 1.14. The summed E-state index contributed by atoms with van der Waals surface area (Å²) in [4.78, 5) is 35.5. The summed E-state index contributed by atoms with van der Waals surface area (Å²) in [5.41, 5.74) is -1.11. The zero-order valence-corrected chi connectivity index (χ0v) is 6.09. The van der Waals surface area contributed by atoms with Crippen molar-refractivity contribution in [3.63, 3.8) is 0 Å². The minimum absolute atomic E-state index is 0.0550. The van der Waals surface area contributed by atoms with E-state index < -0.39 is 11.2 Å². The molecule has 1 heterocycles. The first-order valence-corrected chi connectivity index (χ1v) is 3.23. The summed E-state index contributed by atoms with van der Waals surface area (Å²) in [6.07, 6.45) is 0.625. The lowest BCUT2D eigenvalue weighted by Gasteiger charge is -1.98. The van der Waals surface area contributed by atoms with Gasteiger partial charge in [0.2, 0.25) is 0 Å². The number of rotatable bonds is 3. The van der Waals surface area contributed by atoms with Crippen molar-refractivity contribution in [2.24, 2.45) is 0 Å². The van der Waals surface area contributed by atoms with Crippen LogP contribution in [0.4, 0.5) is 5.82 Å². The molecule has 0 bridgehead atoms. The number of hydrogen-bond acceptors (Lipinski definition) is 4. The Balaban J connectivity index is 2.93. The molecule has 0 aliphatic carbocycles. The van der Waals surface area contributed by atoms with E-state index in [1.54, 1.807) is 0 Å². The molecule has 1 aromatic rings. The molecule has 0 radical (unpaired) electrons. The Labute approximate surface area is 66.6 Å². The molecule has 6 nitrogen and oxygen atoms in total. The fourth-order valence-electron chi connectivity index (χ4n) is 0.716. The maximum absolute atomic E-state index is 10.7. The number of anilines is 1. The first-order chi connectivity index (χ1) is 5.72. The van der Waals surface area contributed by atoms with Crippen LogP contribution in [0, 0.1) is 0 Å². The molecular formula is C6H7N3O3. The smallest absolute Gasteiger partial charge is 0.327 e. The largest absolute Gasteiger partial charge is 0.365 e. The average molecular weight is 169 g/mol. The highest BCUT2D eigenvalue weighted by atomic mass is 16.2. The molecule has 1 aromatic heterocycles. The van der Waals surface area contributed by atoms with Gasteiger partial charge in [-0.05, 0) is 0 Å². The van der Waals surface area contributed by atoms with Crippen molar-refractivity contribution >= 4 is 12.1 Å². The van der Waals surface area contributed by atoms with Crippen molar-refractivity contribution in [1.29, 1.82) is 0 Å². The zero-order chi connectivity index (χ0) is 8.97. The van der Waals surface area contributed by atoms with E-state index in [1.807, 2.05) is 4.98 Å². The van der Waals surface area contributed by atoms with Crippen LogP contribution >= 0.6 is 0 Å². The first-order valence-electron chi connectivity index (χ1n) is 3.23. The maximum atomic E-state index is 10.7. The second kappa shape index (κ2) is 3.51. The molecule has 0 aromatic carbocycles. The third-order valence-electron chi connectivity index (χ3n) is 1.14. The van der Waals surface area contributed by atoms with Gasteiger partial charge in [-0.2, -0.15) is 0 Å². The Kier molecular flexibility index (Phi) is 2.42. The number of carbonyl (C=O) groups excluding carboxylic acids is 1. The van der Waals surface area contributed by atoms with Gasteiger partial charge in [0, 0.05) is 6.07 Å². The highest BCUT2D eigenvalue weighted by Gasteiger charge is 1.93. The van der Waals surface area contributed by atoms with Crippen molar-refractivity contribution in [2.45, 2.75) is 0 Å². The Morgan fingerprint density at radius 1 is 1.42 bits per heavy atom. The second-order valence-corrected chi connectivity index (χ2v) is 2.05. The van der Waals surface area contributed by atoms with Crippen LogP contribution in [-0.4, -0.2) is 22.8 Å². The van der Waals surface area contributed by atoms with Gasteiger partial charge in [0.15, 0.2) is 0 Å². The van der Waals surface area contributed by atoms with Crippen molar-refractivity contribution < 1.29 is 4.79 Å². The lowest BCUT2D eigenvalue weighted by Crippen LogP contribution is -2.23. The highest BCUT2D eigenvalue weighted by Crippen LogP contribution is 1.89. The van der Waals surface area contributed by atoms with E-state index in [9.17, 15) is 14.4 Å². The molecule has 0 aliphatic rings. The fourth-order valence-corrected chi connectivity index (χ4v) is 0.716. The van der Waals surface area contributed by atoms with Crippen LogP contribution in [0.15, 0.2) is 15.7 Å². The Morgan fingerprint density at radius 3 is 2.75 bits per heavy atom. The number of H-pyrrole nitrogens is 2. The van der Waals surface area contributed by atoms with Crippen molar-refractivity contribution in [2.75, 3.05) is 11.9 Å². The van der Waals surface area contributed by atoms with Crippen LogP contribution in [0.3, 0.4) is 0 Å². The van der Waals surface area contributed by atoms with Crippen LogP contribution < -0.4 is 16.6 Å². The van der Waals surface area contributed by atoms with Gasteiger partial charge in [0.25, 0.3) is 5.56 Å². The lowest BCUT2D eigenvalue weighted by atomic mass is 10.5. The lowest BCUT2D eigenvalue weighted by molar-refractivity contribution is -0.106. The predicted molar refractivity (Wildman–Crippen MR) is 42.2 cm³/mol. The van der Waals surface area contributed by atoms with Gasteiger partial charge in [-0.15, -0.1) is 0 Å². The molecule has 64 valence electrons. The normalized spacial score (nSPS) is 9.33. The molecule has 6 heteroatoms. The SMILES string of the molecule is O=CCNc1cc(=O)[nH]c(=O)[nH]1. The third kappa shape index (κ3) is 2.08. The zero-order valence-electron chi connectivity index (χ0n) is 6.09. The van der Waals surface area contributed by atoms with Gasteiger partial charge in [-0.1, -0.05) is 0 Å². The molecule has 0 unspecified atom stereocenters. The summed E-state index contributed by atoms with van der Waals surface area (Å²) in [6, 6.07) is 1.16. The summed E-state index contributed by atoms with van der Waals surface area (Å²) in [7, 11) is 0. The number of aromatic amines is 2. The van der Waals surface area contributed by atoms with Crippen molar-refractivity contribution in [3.8, 4) is 0 Å². The minimum Gasteiger partial charge on any atom is -0.365 e. The molecule has 12 heavy (non-hydrogen) atoms. The van der Waals surface area contributed by atoms with E-state index in [0.717, 1.165) is 6.07 Å². The molecule has 0 saturated heterocycles. The number of nitrogens with one attached hydrogen (secondary N) is 3. The van der Waals surface area contributed by atoms with Crippen LogP contribution in [0.25, 0.3) is 0 Å². The number of hydrogen-bond donors (Lipinski definition) is 3. The quantitative estimate of drug-likeness (QED) is 0.489. The highest BCUT2D eigenvalue weighted by molar-refractivity contribution is 5.57. The number of carbonyl (C=O) groups is 1. The first kappa shape index (κ1) is 8.25. The van der Waals surface area contributed by atoms with Crippen molar-refractivity contribution in [3.05, 3.63) is 26.9 Å². The molecule has 0 amide bonds. The topological polar surface area (TPSA) is 94.8 Å². The summed E-state index contributed by atoms with van der Waals surface area (Å²) < 4.78 is 0. The van der Waals surface area contributed by atoms with Gasteiger partial charge in [0.1, 0.15) is 12.1 Å². The van der Waals surface area contributed by atoms with Gasteiger partial charge in [-0.25, -0.2) is 4.79 Å². The second-order valence-electron chi connectivity index (χ2n) is 2.05. The minimum atomic E-state index is -0.601.